The highest BCUT2D eigenvalue weighted by Gasteiger charge is 2.35. The summed E-state index contributed by atoms with van der Waals surface area (Å²) < 4.78 is 1.43. The number of piperidine rings is 2. The molecule has 2 fully saturated rings. The summed E-state index contributed by atoms with van der Waals surface area (Å²) in [5, 5.41) is 21.7. The van der Waals surface area contributed by atoms with Crippen molar-refractivity contribution >= 4 is 22.9 Å². The lowest BCUT2D eigenvalue weighted by molar-refractivity contribution is -0.907. The van der Waals surface area contributed by atoms with Crippen molar-refractivity contribution in [1.82, 2.24) is 0 Å². The number of nitro benzene ring substituents is 2. The van der Waals surface area contributed by atoms with E-state index < -0.39 is 9.85 Å². The number of nitrogens with zero attached hydrogens (tertiary/aromatic N) is 4. The third-order valence-corrected chi connectivity index (χ3v) is 9.14. The van der Waals surface area contributed by atoms with E-state index >= 15 is 0 Å². The minimum Gasteiger partial charge on any atom is -1.00 e. The molecule has 0 spiro atoms. The van der Waals surface area contributed by atoms with Crippen molar-refractivity contribution in [3.05, 3.63) is 79.9 Å². The van der Waals surface area contributed by atoms with Gasteiger partial charge in [0, 0.05) is 35.4 Å². The maximum atomic E-state index is 12.8. The van der Waals surface area contributed by atoms with E-state index in [1.54, 1.807) is 24.3 Å². The normalized spacial score (nSPS) is 25.4. The number of rotatable bonds is 11. The molecule has 2 aliphatic rings. The van der Waals surface area contributed by atoms with Crippen LogP contribution >= 0.6 is 0 Å². The molecule has 0 bridgehead atoms. The average Bonchev–Trinajstić information content (AvgIpc) is 2.93. The molecule has 230 valence electrons. The molecule has 2 aliphatic heterocycles. The van der Waals surface area contributed by atoms with Crippen LogP contribution < -0.4 is 34.0 Å². The van der Waals surface area contributed by atoms with E-state index in [4.69, 9.17) is 0 Å². The third kappa shape index (κ3) is 9.48. The number of carbonyl (C=O) groups excluding carboxylic acids is 2. The van der Waals surface area contributed by atoms with Crippen molar-refractivity contribution in [1.29, 1.82) is 0 Å². The summed E-state index contributed by atoms with van der Waals surface area (Å²) in [6.07, 6.45) is 6.82. The summed E-state index contributed by atoms with van der Waals surface area (Å²) in [7, 11) is 4.27. The van der Waals surface area contributed by atoms with Gasteiger partial charge in [0.25, 0.3) is 11.4 Å². The number of non-ortho nitro benzene ring substituents is 2. The largest absolute Gasteiger partial charge is 1.00 e. The Morgan fingerprint density at radius 2 is 0.929 bits per heavy atom. The molecule has 12 heteroatoms. The summed E-state index contributed by atoms with van der Waals surface area (Å²) in [4.78, 5) is 46.5. The molecule has 0 saturated carbocycles. The fraction of sp³-hybridized carbons (Fsp3) is 0.533. The van der Waals surface area contributed by atoms with E-state index in [1.165, 1.54) is 37.1 Å². The zero-order valence-corrected chi connectivity index (χ0v) is 27.4. The maximum Gasteiger partial charge on any atom is 0.269 e. The summed E-state index contributed by atoms with van der Waals surface area (Å²) in [6, 6.07) is 11.8. The second-order valence-corrected chi connectivity index (χ2v) is 12.4. The van der Waals surface area contributed by atoms with Gasteiger partial charge in [-0.05, 0) is 74.6 Å². The highest BCUT2D eigenvalue weighted by Crippen LogP contribution is 2.32. The molecule has 2 aromatic carbocycles. The highest BCUT2D eigenvalue weighted by molar-refractivity contribution is 5.97. The number of hydrogen-bond donors (Lipinski definition) is 0. The number of halogens is 2. The number of likely N-dealkylation sites (N-methyl/N-ethyl adjacent to an activating group) is 2. The number of carbonyl (C=O) groups is 2. The van der Waals surface area contributed by atoms with Crippen LogP contribution in [0.15, 0.2) is 48.5 Å². The van der Waals surface area contributed by atoms with Crippen molar-refractivity contribution in [2.75, 3.05) is 53.4 Å². The summed E-state index contributed by atoms with van der Waals surface area (Å²) in [5.41, 5.74) is 1.05. The van der Waals surface area contributed by atoms with Crippen molar-refractivity contribution in [2.45, 2.75) is 38.5 Å². The Kier molecular flexibility index (Phi) is 13.0. The molecule has 0 atom stereocenters. The number of ketones is 2. The van der Waals surface area contributed by atoms with Crippen molar-refractivity contribution in [2.24, 2.45) is 11.8 Å². The van der Waals surface area contributed by atoms with E-state index in [1.807, 2.05) is 0 Å². The van der Waals surface area contributed by atoms with Gasteiger partial charge in [0.2, 0.25) is 11.6 Å². The standard InChI is InChI=1S/C30H40N4O6.2BrH/c1-33(21-29(35)25-5-9-27(10-6-25)31(37)38)17-13-23(14-18-33)3-4-24-15-19-34(2,20-16-24)22-30(36)26-7-11-28(12-8-26)32(39)40;;/h5-12,23-24H,3-4,13-22H2,1-2H3;2*1H/q+2;;/p-2. The van der Waals surface area contributed by atoms with Crippen LogP contribution in [0.4, 0.5) is 11.4 Å². The van der Waals surface area contributed by atoms with Gasteiger partial charge in [0.1, 0.15) is 13.1 Å². The Bertz CT molecular complexity index is 1140. The Morgan fingerprint density at radius 3 is 1.19 bits per heavy atom. The molecule has 0 aliphatic carbocycles. The van der Waals surface area contributed by atoms with E-state index in [-0.39, 0.29) is 56.9 Å². The SMILES string of the molecule is C[N+]1(CC(=O)c2ccc([N+](=O)[O-])cc2)CCC(CCC2CC[N+](C)(CC(=O)c3ccc([N+](=O)[O-])cc3)CC2)CC1.[Br-].[Br-]. The maximum absolute atomic E-state index is 12.8. The van der Waals surface area contributed by atoms with Crippen LogP contribution in [0.3, 0.4) is 0 Å². The van der Waals surface area contributed by atoms with Crippen LogP contribution in [0.2, 0.25) is 0 Å². The number of Topliss-reactive ketones (excluding diaryl/α,β-unsaturated/α-hetero) is 2. The van der Waals surface area contributed by atoms with E-state index in [2.05, 4.69) is 14.1 Å². The predicted molar refractivity (Wildman–Crippen MR) is 151 cm³/mol. The van der Waals surface area contributed by atoms with Gasteiger partial charge in [-0.15, -0.1) is 0 Å². The van der Waals surface area contributed by atoms with Crippen LogP contribution in [-0.2, 0) is 0 Å². The summed E-state index contributed by atoms with van der Waals surface area (Å²) in [5.74, 6) is 1.41. The zero-order valence-electron chi connectivity index (χ0n) is 24.3. The Morgan fingerprint density at radius 1 is 0.643 bits per heavy atom. The molecule has 2 heterocycles. The first kappa shape index (κ1) is 35.7. The lowest BCUT2D eigenvalue weighted by atomic mass is 9.84. The number of nitro groups is 2. The fourth-order valence-electron chi connectivity index (χ4n) is 6.27. The van der Waals surface area contributed by atoms with Crippen molar-refractivity contribution < 1.29 is 62.4 Å². The Balaban J connectivity index is 0.00000308. The van der Waals surface area contributed by atoms with Gasteiger partial charge >= 0.3 is 0 Å². The Labute approximate surface area is 268 Å². The average molecular weight is 712 g/mol. The number of quaternary nitrogens is 2. The first-order chi connectivity index (χ1) is 19.0. The summed E-state index contributed by atoms with van der Waals surface area (Å²) >= 11 is 0. The van der Waals surface area contributed by atoms with Crippen LogP contribution in [0.5, 0.6) is 0 Å². The molecule has 0 aromatic heterocycles. The second-order valence-electron chi connectivity index (χ2n) is 12.4. The first-order valence-electron chi connectivity index (χ1n) is 14.2. The lowest BCUT2D eigenvalue weighted by Crippen LogP contribution is -3.00. The molecular formula is C30H40Br2N4O6. The number of benzene rings is 2. The fourth-order valence-corrected chi connectivity index (χ4v) is 6.27. The lowest BCUT2D eigenvalue weighted by Gasteiger charge is -2.42. The molecule has 42 heavy (non-hydrogen) atoms. The van der Waals surface area contributed by atoms with E-state index in [9.17, 15) is 29.8 Å². The van der Waals surface area contributed by atoms with Gasteiger partial charge in [0.15, 0.2) is 0 Å². The van der Waals surface area contributed by atoms with Gasteiger partial charge in [-0.1, -0.05) is 0 Å². The molecule has 2 saturated heterocycles. The molecule has 0 radical (unpaired) electrons. The molecule has 4 rings (SSSR count). The minimum atomic E-state index is -0.455. The van der Waals surface area contributed by atoms with E-state index in [0.717, 1.165) is 51.9 Å². The first-order valence-corrected chi connectivity index (χ1v) is 14.2. The molecular weight excluding hydrogens is 672 g/mol. The smallest absolute Gasteiger partial charge is 0.269 e. The van der Waals surface area contributed by atoms with Crippen LogP contribution in [0.1, 0.15) is 59.2 Å². The van der Waals surface area contributed by atoms with Gasteiger partial charge < -0.3 is 42.9 Å². The zero-order chi connectivity index (χ0) is 28.9. The predicted octanol–water partition coefficient (Wildman–Crippen LogP) is -0.930. The number of hydrogen-bond acceptors (Lipinski definition) is 6. The van der Waals surface area contributed by atoms with Gasteiger partial charge in [-0.2, -0.15) is 0 Å². The van der Waals surface area contributed by atoms with Crippen LogP contribution in [0, 0.1) is 32.1 Å². The monoisotopic (exact) mass is 710 g/mol. The Hall–Kier alpha value is -2.54. The van der Waals surface area contributed by atoms with Gasteiger partial charge in [-0.3, -0.25) is 29.8 Å². The minimum absolute atomic E-state index is 0. The van der Waals surface area contributed by atoms with E-state index in [0.29, 0.717) is 45.0 Å². The van der Waals surface area contributed by atoms with Crippen LogP contribution in [-0.4, -0.2) is 83.7 Å². The quantitative estimate of drug-likeness (QED) is 0.129. The van der Waals surface area contributed by atoms with Crippen molar-refractivity contribution in [3.8, 4) is 0 Å². The third-order valence-electron chi connectivity index (χ3n) is 9.14. The molecule has 0 amide bonds. The van der Waals surface area contributed by atoms with Gasteiger partial charge in [0.05, 0.1) is 50.1 Å². The molecule has 10 nitrogen and oxygen atoms in total. The van der Waals surface area contributed by atoms with Crippen LogP contribution in [0.25, 0.3) is 0 Å². The van der Waals surface area contributed by atoms with Crippen molar-refractivity contribution in [3.63, 3.8) is 0 Å². The molecule has 0 unspecified atom stereocenters. The summed E-state index contributed by atoms with van der Waals surface area (Å²) in [6.45, 7) is 4.70. The topological polar surface area (TPSA) is 120 Å². The second kappa shape index (κ2) is 15.3. The molecule has 2 aromatic rings. The highest BCUT2D eigenvalue weighted by atomic mass is 79.9. The number of likely N-dealkylation sites (tertiary alicyclic amines) is 2. The molecule has 0 N–H and O–H groups in total. The van der Waals surface area contributed by atoms with Gasteiger partial charge in [-0.25, -0.2) is 0 Å².